The van der Waals surface area contributed by atoms with E-state index >= 15 is 0 Å². The Balaban J connectivity index is 0.000000791. The third-order valence-electron chi connectivity index (χ3n) is 4.14. The summed E-state index contributed by atoms with van der Waals surface area (Å²) < 4.78 is 11.5. The van der Waals surface area contributed by atoms with Crippen LogP contribution in [0.2, 0.25) is 0 Å². The van der Waals surface area contributed by atoms with E-state index in [-0.39, 0.29) is 32.7 Å². The number of rotatable bonds is 4. The number of halogens is 2. The van der Waals surface area contributed by atoms with Gasteiger partial charge in [0.25, 0.3) is 0 Å². The molecule has 0 amide bonds. The standard InChI is InChI=1S/C18H23N2O2.2ClH.H2O.Rh/c1-11(2)15-9-21-17(19-15)13-6-5-7-14(8-13)18-20-16(10-22-18)12(3)4;;;;/h5-7,11-12,15-16H,9-10H2,1-4H3;2*1H;1H2;/q-1;;;;+3/p-2/t15-,16-;;;;/m1..../s1. The molecule has 2 atom stereocenters. The number of nitrogens with zero attached hydrogens (tertiary/aromatic N) is 2. The molecule has 0 spiro atoms. The van der Waals surface area contributed by atoms with Gasteiger partial charge >= 0.3 is 34.5 Å². The molecule has 2 N–H and O–H groups in total. The van der Waals surface area contributed by atoms with Gasteiger partial charge in [0.1, 0.15) is 25.0 Å². The molecule has 0 radical (unpaired) electrons. The van der Waals surface area contributed by atoms with Gasteiger partial charge in [0, 0.05) is 0 Å². The molecular formula is C18H25Cl2N2O3Rh. The summed E-state index contributed by atoms with van der Waals surface area (Å²) in [4.78, 5) is 9.30. The summed E-state index contributed by atoms with van der Waals surface area (Å²) in [5.41, 5.74) is 1.75. The molecule has 3 rings (SSSR count). The van der Waals surface area contributed by atoms with Crippen molar-refractivity contribution in [1.82, 2.24) is 0 Å². The predicted octanol–water partition coefficient (Wildman–Crippen LogP) is 3.64. The topological polar surface area (TPSA) is 74.7 Å². The third-order valence-corrected chi connectivity index (χ3v) is 4.14. The molecule has 1 aromatic carbocycles. The molecule has 5 nitrogen and oxygen atoms in total. The molecule has 2 heterocycles. The second kappa shape index (κ2) is 11.2. The Hall–Kier alpha value is -0.677. The quantitative estimate of drug-likeness (QED) is 0.477. The van der Waals surface area contributed by atoms with E-state index < -0.39 is 0 Å². The molecule has 26 heavy (non-hydrogen) atoms. The minimum atomic E-state index is -0.226. The van der Waals surface area contributed by atoms with Crippen LogP contribution in [0.25, 0.3) is 0 Å². The van der Waals surface area contributed by atoms with Gasteiger partial charge in [-0.15, -0.1) is 24.3 Å². The Morgan fingerprint density at radius 1 is 0.962 bits per heavy atom. The maximum absolute atomic E-state index is 5.73. The molecule has 0 aliphatic carbocycles. The fourth-order valence-electron chi connectivity index (χ4n) is 2.48. The van der Waals surface area contributed by atoms with Crippen molar-refractivity contribution in [3.8, 4) is 0 Å². The van der Waals surface area contributed by atoms with Crippen LogP contribution in [0.5, 0.6) is 0 Å². The summed E-state index contributed by atoms with van der Waals surface area (Å²) in [5, 5.41) is 0. The van der Waals surface area contributed by atoms with Gasteiger partial charge in [-0.3, -0.25) is 9.98 Å². The van der Waals surface area contributed by atoms with E-state index in [1.807, 2.05) is 18.2 Å². The van der Waals surface area contributed by atoms with Gasteiger partial charge in [0.05, 0.1) is 12.1 Å². The molecule has 0 aromatic heterocycles. The number of hydrogen-bond acceptors (Lipinski definition) is 4. The zero-order valence-corrected chi connectivity index (χ0v) is 18.4. The molecular weight excluding hydrogens is 466 g/mol. The molecule has 0 unspecified atom stereocenters. The second-order valence-electron chi connectivity index (χ2n) is 6.64. The molecule has 148 valence electrons. The summed E-state index contributed by atoms with van der Waals surface area (Å²) in [6.45, 7) is 9.94. The van der Waals surface area contributed by atoms with Gasteiger partial charge in [-0.2, -0.15) is 0 Å². The first-order valence-corrected chi connectivity index (χ1v) is 12.5. The van der Waals surface area contributed by atoms with Crippen molar-refractivity contribution in [1.29, 1.82) is 0 Å². The normalized spacial score (nSPS) is 21.4. The van der Waals surface area contributed by atoms with Crippen LogP contribution < -0.4 is 0 Å². The number of aliphatic imine (C=N–C) groups is 2. The van der Waals surface area contributed by atoms with E-state index in [0.717, 1.165) is 11.1 Å². The first-order chi connectivity index (χ1) is 12.0. The van der Waals surface area contributed by atoms with E-state index in [0.29, 0.717) is 36.8 Å². The average molecular weight is 491 g/mol. The van der Waals surface area contributed by atoms with Crippen molar-refractivity contribution in [2.75, 3.05) is 13.2 Å². The van der Waals surface area contributed by atoms with Gasteiger partial charge in [-0.1, -0.05) is 38.8 Å². The number of ether oxygens (including phenoxy) is 2. The minimum absolute atomic E-state index is 0. The first-order valence-electron chi connectivity index (χ1n) is 8.24. The first kappa shape index (κ1) is 23.4. The van der Waals surface area contributed by atoms with E-state index in [2.05, 4.69) is 43.7 Å². The van der Waals surface area contributed by atoms with Crippen LogP contribution in [0.3, 0.4) is 0 Å². The molecule has 0 fully saturated rings. The number of hydrogen-bond donors (Lipinski definition) is 0. The zero-order chi connectivity index (χ0) is 18.4. The monoisotopic (exact) mass is 490 g/mol. The maximum atomic E-state index is 5.73. The molecule has 2 aliphatic rings. The fourth-order valence-corrected chi connectivity index (χ4v) is 2.48. The number of benzene rings is 1. The molecule has 1 aromatic rings. The van der Waals surface area contributed by atoms with E-state index in [1.54, 1.807) is 0 Å². The Labute approximate surface area is 171 Å². The third kappa shape index (κ3) is 6.19. The average Bonchev–Trinajstić information content (AvgIpc) is 3.26. The van der Waals surface area contributed by atoms with Gasteiger partial charge < -0.3 is 14.9 Å². The molecule has 0 bridgehead atoms. The van der Waals surface area contributed by atoms with Crippen LogP contribution in [0.1, 0.15) is 38.8 Å². The summed E-state index contributed by atoms with van der Waals surface area (Å²) in [5.74, 6) is 2.32. The van der Waals surface area contributed by atoms with Gasteiger partial charge in [0.2, 0.25) is 0 Å². The van der Waals surface area contributed by atoms with Crippen LogP contribution in [0, 0.1) is 17.9 Å². The van der Waals surface area contributed by atoms with Crippen molar-refractivity contribution >= 4 is 31.2 Å². The van der Waals surface area contributed by atoms with Crippen LogP contribution in [-0.4, -0.2) is 42.6 Å². The van der Waals surface area contributed by atoms with Crippen molar-refractivity contribution in [3.05, 3.63) is 35.4 Å². The van der Waals surface area contributed by atoms with Crippen LogP contribution in [0.4, 0.5) is 0 Å². The van der Waals surface area contributed by atoms with Crippen molar-refractivity contribution in [3.63, 3.8) is 0 Å². The van der Waals surface area contributed by atoms with Crippen molar-refractivity contribution < 1.29 is 30.1 Å². The van der Waals surface area contributed by atoms with E-state index in [1.165, 1.54) is 0 Å². The van der Waals surface area contributed by atoms with Crippen LogP contribution in [0.15, 0.2) is 28.2 Å². The Morgan fingerprint density at radius 2 is 1.35 bits per heavy atom. The SMILES string of the molecule is CC(C)[C@H]1COC(c2[c-]c(C3=N[C@@H](C(C)C)CO3)ccc2)=N1.O.[Cl][Rh+][Cl]. The van der Waals surface area contributed by atoms with Gasteiger partial charge in [0.15, 0.2) is 0 Å². The van der Waals surface area contributed by atoms with Crippen molar-refractivity contribution in [2.45, 2.75) is 39.8 Å². The van der Waals surface area contributed by atoms with Gasteiger partial charge in [-0.25, -0.2) is 0 Å². The molecule has 0 saturated heterocycles. The second-order valence-corrected chi connectivity index (χ2v) is 9.13. The summed E-state index contributed by atoms with van der Waals surface area (Å²) in [6, 6.07) is 9.73. The Morgan fingerprint density at radius 3 is 1.65 bits per heavy atom. The van der Waals surface area contributed by atoms with Crippen LogP contribution in [-0.2, 0) is 24.6 Å². The van der Waals surface area contributed by atoms with E-state index in [9.17, 15) is 0 Å². The molecule has 2 aliphatic heterocycles. The van der Waals surface area contributed by atoms with Gasteiger partial charge in [-0.05, 0) is 11.8 Å². The Kier molecular flexibility index (Phi) is 10.1. The van der Waals surface area contributed by atoms with Crippen molar-refractivity contribution in [2.24, 2.45) is 21.8 Å². The summed E-state index contributed by atoms with van der Waals surface area (Å²) in [7, 11) is 9.67. The Bertz CT molecular complexity index is 589. The van der Waals surface area contributed by atoms with Crippen LogP contribution >= 0.6 is 19.4 Å². The zero-order valence-electron chi connectivity index (χ0n) is 15.3. The van der Waals surface area contributed by atoms with E-state index in [4.69, 9.17) is 28.9 Å². The predicted molar refractivity (Wildman–Crippen MR) is 103 cm³/mol. The molecule has 8 heteroatoms. The molecule has 0 saturated carbocycles. The summed E-state index contributed by atoms with van der Waals surface area (Å²) >= 11 is -0.226. The summed E-state index contributed by atoms with van der Waals surface area (Å²) in [6.07, 6.45) is 0. The fraction of sp³-hybridized carbons (Fsp3) is 0.556.